The van der Waals surface area contributed by atoms with Crippen molar-refractivity contribution in [1.29, 1.82) is 0 Å². The van der Waals surface area contributed by atoms with Crippen LogP contribution in [0.3, 0.4) is 0 Å². The lowest BCUT2D eigenvalue weighted by atomic mass is 10.1. The number of hydrogen-bond acceptors (Lipinski definition) is 3. The molecule has 1 N–H and O–H groups in total. The molecule has 4 heteroatoms. The van der Waals surface area contributed by atoms with E-state index in [2.05, 4.69) is 45.1 Å². The van der Waals surface area contributed by atoms with Gasteiger partial charge in [-0.15, -0.1) is 0 Å². The van der Waals surface area contributed by atoms with Crippen molar-refractivity contribution in [3.63, 3.8) is 0 Å². The number of nitrogens with one attached hydrogen (secondary N) is 1. The van der Waals surface area contributed by atoms with Crippen LogP contribution in [0.25, 0.3) is 0 Å². The molecular formula is C10H16BrN3. The molecule has 14 heavy (non-hydrogen) atoms. The molecule has 0 fully saturated rings. The van der Waals surface area contributed by atoms with Gasteiger partial charge in [0.05, 0.1) is 4.47 Å². The topological polar surface area (TPSA) is 37.8 Å². The Morgan fingerprint density at radius 2 is 2.36 bits per heavy atom. The summed E-state index contributed by atoms with van der Waals surface area (Å²) in [5.74, 6) is 0.878. The summed E-state index contributed by atoms with van der Waals surface area (Å²) in [4.78, 5) is 8.07. The number of aromatic nitrogens is 2. The summed E-state index contributed by atoms with van der Waals surface area (Å²) >= 11 is 3.41. The largest absolute Gasteiger partial charge is 0.367 e. The Labute approximate surface area is 93.5 Å². The first-order chi connectivity index (χ1) is 6.74. The maximum absolute atomic E-state index is 4.16. The second-order valence-electron chi connectivity index (χ2n) is 3.41. The van der Waals surface area contributed by atoms with Gasteiger partial charge in [0.2, 0.25) is 0 Å². The molecule has 1 unspecified atom stereocenters. The van der Waals surface area contributed by atoms with Crippen molar-refractivity contribution in [3.8, 4) is 0 Å². The van der Waals surface area contributed by atoms with E-state index in [1.165, 1.54) is 19.3 Å². The molecule has 0 aliphatic heterocycles. The third-order valence-electron chi connectivity index (χ3n) is 2.04. The molecule has 3 nitrogen and oxygen atoms in total. The van der Waals surface area contributed by atoms with Gasteiger partial charge in [-0.3, -0.25) is 0 Å². The maximum Gasteiger partial charge on any atom is 0.143 e. The van der Waals surface area contributed by atoms with Crippen LogP contribution in [0.15, 0.2) is 17.0 Å². The van der Waals surface area contributed by atoms with Crippen LogP contribution in [0.4, 0.5) is 5.82 Å². The average Bonchev–Trinajstić information content (AvgIpc) is 2.18. The van der Waals surface area contributed by atoms with Crippen LogP contribution in [0.5, 0.6) is 0 Å². The maximum atomic E-state index is 4.16. The predicted octanol–water partition coefficient (Wildman–Crippen LogP) is 3.23. The molecule has 1 aromatic rings. The number of rotatable bonds is 5. The zero-order valence-corrected chi connectivity index (χ0v) is 10.2. The molecule has 1 heterocycles. The van der Waals surface area contributed by atoms with Crippen LogP contribution in [0.2, 0.25) is 0 Å². The van der Waals surface area contributed by atoms with Crippen LogP contribution >= 0.6 is 15.9 Å². The minimum absolute atomic E-state index is 0.459. The van der Waals surface area contributed by atoms with Crippen LogP contribution in [-0.4, -0.2) is 16.0 Å². The van der Waals surface area contributed by atoms with Crippen LogP contribution in [0.1, 0.15) is 33.1 Å². The first-order valence-corrected chi connectivity index (χ1v) is 5.75. The summed E-state index contributed by atoms with van der Waals surface area (Å²) in [7, 11) is 0. The van der Waals surface area contributed by atoms with E-state index in [-0.39, 0.29) is 0 Å². The number of unbranched alkanes of at least 4 members (excludes halogenated alkanes) is 1. The molecule has 78 valence electrons. The standard InChI is InChI=1S/C10H16BrN3/c1-3-4-5-8(2)14-10-9(11)6-12-7-13-10/h6-8H,3-5H2,1-2H3,(H,12,13,14). The Balaban J connectivity index is 2.47. The van der Waals surface area contributed by atoms with E-state index < -0.39 is 0 Å². The van der Waals surface area contributed by atoms with Gasteiger partial charge in [-0.25, -0.2) is 9.97 Å². The summed E-state index contributed by atoms with van der Waals surface area (Å²) < 4.78 is 0.920. The molecule has 0 spiro atoms. The Kier molecular flexibility index (Phi) is 4.87. The Morgan fingerprint density at radius 1 is 1.57 bits per heavy atom. The molecule has 1 aromatic heterocycles. The summed E-state index contributed by atoms with van der Waals surface area (Å²) in [5.41, 5.74) is 0. The third-order valence-corrected chi connectivity index (χ3v) is 2.62. The third kappa shape index (κ3) is 3.62. The Morgan fingerprint density at radius 3 is 3.00 bits per heavy atom. The van der Waals surface area contributed by atoms with Crippen LogP contribution in [-0.2, 0) is 0 Å². The number of anilines is 1. The summed E-state index contributed by atoms with van der Waals surface area (Å²) in [6, 6.07) is 0.459. The fourth-order valence-corrected chi connectivity index (χ4v) is 1.57. The lowest BCUT2D eigenvalue weighted by molar-refractivity contribution is 0.642. The van der Waals surface area contributed by atoms with Gasteiger partial charge in [0.25, 0.3) is 0 Å². The monoisotopic (exact) mass is 257 g/mol. The smallest absolute Gasteiger partial charge is 0.143 e. The molecular weight excluding hydrogens is 242 g/mol. The Bertz CT molecular complexity index is 278. The molecule has 0 amide bonds. The lowest BCUT2D eigenvalue weighted by Gasteiger charge is -2.14. The second kappa shape index (κ2) is 5.96. The van der Waals surface area contributed by atoms with Gasteiger partial charge in [-0.05, 0) is 29.3 Å². The van der Waals surface area contributed by atoms with Gasteiger partial charge >= 0.3 is 0 Å². The molecule has 1 atom stereocenters. The van der Waals surface area contributed by atoms with Gasteiger partial charge in [-0.2, -0.15) is 0 Å². The van der Waals surface area contributed by atoms with Crippen molar-refractivity contribution in [2.75, 3.05) is 5.32 Å². The first-order valence-electron chi connectivity index (χ1n) is 4.96. The van der Waals surface area contributed by atoms with Gasteiger partial charge in [0, 0.05) is 12.2 Å². The number of halogens is 1. The first kappa shape index (κ1) is 11.4. The van der Waals surface area contributed by atoms with Crippen molar-refractivity contribution in [2.45, 2.75) is 39.2 Å². The van der Waals surface area contributed by atoms with E-state index in [9.17, 15) is 0 Å². The van der Waals surface area contributed by atoms with E-state index in [4.69, 9.17) is 0 Å². The van der Waals surface area contributed by atoms with Crippen molar-refractivity contribution in [1.82, 2.24) is 9.97 Å². The highest BCUT2D eigenvalue weighted by atomic mass is 79.9. The molecule has 0 bridgehead atoms. The highest BCUT2D eigenvalue weighted by molar-refractivity contribution is 9.10. The highest BCUT2D eigenvalue weighted by Crippen LogP contribution is 2.18. The van der Waals surface area contributed by atoms with Gasteiger partial charge in [0.1, 0.15) is 12.1 Å². The molecule has 0 radical (unpaired) electrons. The van der Waals surface area contributed by atoms with E-state index in [1.54, 1.807) is 12.5 Å². The van der Waals surface area contributed by atoms with E-state index in [0.29, 0.717) is 6.04 Å². The molecule has 0 aliphatic carbocycles. The summed E-state index contributed by atoms with van der Waals surface area (Å²) in [6.45, 7) is 4.37. The van der Waals surface area contributed by atoms with Crippen LogP contribution in [0, 0.1) is 0 Å². The van der Waals surface area contributed by atoms with Gasteiger partial charge in [0.15, 0.2) is 0 Å². The predicted molar refractivity (Wildman–Crippen MR) is 62.3 cm³/mol. The van der Waals surface area contributed by atoms with Crippen LogP contribution < -0.4 is 5.32 Å². The molecule has 0 saturated heterocycles. The van der Waals surface area contributed by atoms with Gasteiger partial charge < -0.3 is 5.32 Å². The zero-order chi connectivity index (χ0) is 10.4. The number of nitrogens with zero attached hydrogens (tertiary/aromatic N) is 2. The number of hydrogen-bond donors (Lipinski definition) is 1. The molecule has 0 aliphatic rings. The van der Waals surface area contributed by atoms with Crippen molar-refractivity contribution in [3.05, 3.63) is 17.0 Å². The Hall–Kier alpha value is -0.640. The average molecular weight is 258 g/mol. The molecule has 1 rings (SSSR count). The van der Waals surface area contributed by atoms with Gasteiger partial charge in [-0.1, -0.05) is 19.8 Å². The van der Waals surface area contributed by atoms with E-state index >= 15 is 0 Å². The normalized spacial score (nSPS) is 12.5. The summed E-state index contributed by atoms with van der Waals surface area (Å²) in [6.07, 6.45) is 6.96. The fraction of sp³-hybridized carbons (Fsp3) is 0.600. The zero-order valence-electron chi connectivity index (χ0n) is 8.63. The minimum atomic E-state index is 0.459. The molecule has 0 saturated carbocycles. The van der Waals surface area contributed by atoms with Crippen molar-refractivity contribution < 1.29 is 0 Å². The SMILES string of the molecule is CCCCC(C)Nc1ncncc1Br. The van der Waals surface area contributed by atoms with E-state index in [0.717, 1.165) is 10.3 Å². The van der Waals surface area contributed by atoms with Crippen molar-refractivity contribution in [2.24, 2.45) is 0 Å². The minimum Gasteiger partial charge on any atom is -0.367 e. The summed E-state index contributed by atoms with van der Waals surface area (Å²) in [5, 5.41) is 3.35. The second-order valence-corrected chi connectivity index (χ2v) is 4.26. The quantitative estimate of drug-likeness (QED) is 0.881. The molecule has 0 aromatic carbocycles. The van der Waals surface area contributed by atoms with Crippen molar-refractivity contribution >= 4 is 21.7 Å². The van der Waals surface area contributed by atoms with E-state index in [1.807, 2.05) is 0 Å². The lowest BCUT2D eigenvalue weighted by Crippen LogP contribution is -2.16. The fourth-order valence-electron chi connectivity index (χ4n) is 1.23. The highest BCUT2D eigenvalue weighted by Gasteiger charge is 2.04.